The summed E-state index contributed by atoms with van der Waals surface area (Å²) in [6, 6.07) is 17.3. The minimum absolute atomic E-state index is 0.492. The zero-order valence-corrected chi connectivity index (χ0v) is 16.7. The summed E-state index contributed by atoms with van der Waals surface area (Å²) in [5, 5.41) is 7.15. The second-order valence-corrected chi connectivity index (χ2v) is 6.64. The Hall–Kier alpha value is -2.83. The molecule has 0 spiro atoms. The van der Waals surface area contributed by atoms with Crippen molar-refractivity contribution in [2.75, 3.05) is 30.9 Å². The van der Waals surface area contributed by atoms with Gasteiger partial charge in [0.1, 0.15) is 18.2 Å². The highest BCUT2D eigenvalue weighted by Gasteiger charge is 2.03. The maximum atomic E-state index is 5.90. The van der Waals surface area contributed by atoms with Crippen LogP contribution in [-0.2, 0) is 11.3 Å². The summed E-state index contributed by atoms with van der Waals surface area (Å²) < 4.78 is 10.8. The lowest BCUT2D eigenvalue weighted by molar-refractivity contribution is 0.210. The molecule has 28 heavy (non-hydrogen) atoms. The van der Waals surface area contributed by atoms with Crippen LogP contribution in [0.25, 0.3) is 0 Å². The second kappa shape index (κ2) is 9.92. The first-order valence-corrected chi connectivity index (χ1v) is 9.33. The Balaban J connectivity index is 1.58. The van der Waals surface area contributed by atoms with Gasteiger partial charge in [-0.25, -0.2) is 4.98 Å². The molecular formula is C21H23ClN4O2. The summed E-state index contributed by atoms with van der Waals surface area (Å²) in [6.07, 6.45) is 0. The van der Waals surface area contributed by atoms with Crippen LogP contribution in [0.5, 0.6) is 5.75 Å². The van der Waals surface area contributed by atoms with E-state index >= 15 is 0 Å². The Labute approximate surface area is 169 Å². The van der Waals surface area contributed by atoms with E-state index in [1.807, 2.05) is 61.5 Å². The third-order valence-electron chi connectivity index (χ3n) is 3.89. The first-order valence-electron chi connectivity index (χ1n) is 8.95. The van der Waals surface area contributed by atoms with Crippen molar-refractivity contribution in [2.24, 2.45) is 0 Å². The topological polar surface area (TPSA) is 68.3 Å². The standard InChI is InChI=1S/C21H23ClN4O2/c1-15-13-20(26-21(24-15)23-11-12-27-2)25-18-7-9-19(10-8-18)28-14-16-3-5-17(22)6-4-16/h3-10,13H,11-12,14H2,1-2H3,(H2,23,24,25,26). The van der Waals surface area contributed by atoms with E-state index in [4.69, 9.17) is 21.1 Å². The Bertz CT molecular complexity index is 886. The summed E-state index contributed by atoms with van der Waals surface area (Å²) in [6.45, 7) is 3.67. The van der Waals surface area contributed by atoms with E-state index in [2.05, 4.69) is 20.6 Å². The molecule has 0 aliphatic heterocycles. The molecule has 6 nitrogen and oxygen atoms in total. The number of aryl methyl sites for hydroxylation is 1. The molecule has 2 aromatic carbocycles. The molecule has 0 unspecified atom stereocenters. The number of nitrogens with one attached hydrogen (secondary N) is 2. The fourth-order valence-electron chi connectivity index (χ4n) is 2.51. The van der Waals surface area contributed by atoms with Gasteiger partial charge in [0.2, 0.25) is 5.95 Å². The molecule has 0 amide bonds. The molecule has 0 saturated carbocycles. The second-order valence-electron chi connectivity index (χ2n) is 6.20. The van der Waals surface area contributed by atoms with Crippen molar-refractivity contribution in [3.8, 4) is 5.75 Å². The minimum atomic E-state index is 0.492. The van der Waals surface area contributed by atoms with E-state index in [-0.39, 0.29) is 0 Å². The lowest BCUT2D eigenvalue weighted by Gasteiger charge is -2.11. The van der Waals surface area contributed by atoms with Crippen LogP contribution in [0.1, 0.15) is 11.3 Å². The molecular weight excluding hydrogens is 376 g/mol. The number of halogens is 1. The molecule has 146 valence electrons. The average Bonchev–Trinajstić information content (AvgIpc) is 2.68. The molecule has 2 N–H and O–H groups in total. The third-order valence-corrected chi connectivity index (χ3v) is 4.14. The lowest BCUT2D eigenvalue weighted by atomic mass is 10.2. The number of anilines is 3. The zero-order valence-electron chi connectivity index (χ0n) is 15.9. The summed E-state index contributed by atoms with van der Waals surface area (Å²) >= 11 is 5.90. The van der Waals surface area contributed by atoms with E-state index in [0.29, 0.717) is 25.7 Å². The highest BCUT2D eigenvalue weighted by Crippen LogP contribution is 2.21. The van der Waals surface area contributed by atoms with E-state index < -0.39 is 0 Å². The van der Waals surface area contributed by atoms with Crippen LogP contribution in [-0.4, -0.2) is 30.2 Å². The summed E-state index contributed by atoms with van der Waals surface area (Å²) in [5.74, 6) is 2.09. The Morgan fingerprint density at radius 2 is 1.75 bits per heavy atom. The van der Waals surface area contributed by atoms with E-state index in [9.17, 15) is 0 Å². The monoisotopic (exact) mass is 398 g/mol. The smallest absolute Gasteiger partial charge is 0.224 e. The fourth-order valence-corrected chi connectivity index (χ4v) is 2.63. The molecule has 0 aliphatic carbocycles. The highest BCUT2D eigenvalue weighted by molar-refractivity contribution is 6.30. The number of hydrogen-bond donors (Lipinski definition) is 2. The molecule has 0 fully saturated rings. The van der Waals surface area contributed by atoms with Gasteiger partial charge < -0.3 is 20.1 Å². The number of aromatic nitrogens is 2. The number of benzene rings is 2. The van der Waals surface area contributed by atoms with E-state index in [1.165, 1.54) is 0 Å². The van der Waals surface area contributed by atoms with Gasteiger partial charge in [-0.15, -0.1) is 0 Å². The predicted octanol–water partition coefficient (Wildman–Crippen LogP) is 4.82. The first-order chi connectivity index (χ1) is 13.6. The molecule has 1 heterocycles. The normalized spacial score (nSPS) is 10.5. The quantitative estimate of drug-likeness (QED) is 0.504. The summed E-state index contributed by atoms with van der Waals surface area (Å²) in [5.41, 5.74) is 2.86. The molecule has 3 rings (SSSR count). The number of nitrogens with zero attached hydrogens (tertiary/aromatic N) is 2. The van der Waals surface area contributed by atoms with Gasteiger partial charge >= 0.3 is 0 Å². The largest absolute Gasteiger partial charge is 0.489 e. The van der Waals surface area contributed by atoms with Crippen LogP contribution >= 0.6 is 11.6 Å². The highest BCUT2D eigenvalue weighted by atomic mass is 35.5. The van der Waals surface area contributed by atoms with Crippen LogP contribution in [0.15, 0.2) is 54.6 Å². The van der Waals surface area contributed by atoms with Crippen molar-refractivity contribution >= 4 is 29.1 Å². The van der Waals surface area contributed by atoms with E-state index in [1.54, 1.807) is 7.11 Å². The van der Waals surface area contributed by atoms with Gasteiger partial charge in [-0.3, -0.25) is 0 Å². The van der Waals surface area contributed by atoms with Crippen molar-refractivity contribution in [2.45, 2.75) is 13.5 Å². The molecule has 0 bridgehead atoms. The number of hydrogen-bond acceptors (Lipinski definition) is 6. The molecule has 7 heteroatoms. The predicted molar refractivity (Wildman–Crippen MR) is 113 cm³/mol. The minimum Gasteiger partial charge on any atom is -0.489 e. The SMILES string of the molecule is COCCNc1nc(C)cc(Nc2ccc(OCc3ccc(Cl)cc3)cc2)n1. The van der Waals surface area contributed by atoms with Gasteiger partial charge in [0.25, 0.3) is 0 Å². The molecule has 3 aromatic rings. The van der Waals surface area contributed by atoms with Crippen LogP contribution in [0.2, 0.25) is 5.02 Å². The molecule has 0 atom stereocenters. The molecule has 0 saturated heterocycles. The maximum Gasteiger partial charge on any atom is 0.224 e. The number of ether oxygens (including phenoxy) is 2. The van der Waals surface area contributed by atoms with Crippen molar-refractivity contribution in [3.63, 3.8) is 0 Å². The fraction of sp³-hybridized carbons (Fsp3) is 0.238. The van der Waals surface area contributed by atoms with Crippen LogP contribution < -0.4 is 15.4 Å². The van der Waals surface area contributed by atoms with Gasteiger partial charge in [-0.1, -0.05) is 23.7 Å². The number of methoxy groups -OCH3 is 1. The molecule has 1 aromatic heterocycles. The van der Waals surface area contributed by atoms with Gasteiger partial charge in [0.15, 0.2) is 0 Å². The van der Waals surface area contributed by atoms with Crippen molar-refractivity contribution < 1.29 is 9.47 Å². The lowest BCUT2D eigenvalue weighted by Crippen LogP contribution is -2.11. The van der Waals surface area contributed by atoms with Crippen molar-refractivity contribution in [3.05, 3.63) is 70.9 Å². The van der Waals surface area contributed by atoms with Crippen molar-refractivity contribution in [1.82, 2.24) is 9.97 Å². The van der Waals surface area contributed by atoms with E-state index in [0.717, 1.165) is 33.5 Å². The summed E-state index contributed by atoms with van der Waals surface area (Å²) in [4.78, 5) is 8.85. The van der Waals surface area contributed by atoms with Gasteiger partial charge in [0, 0.05) is 36.1 Å². The Kier molecular flexibility index (Phi) is 7.06. The summed E-state index contributed by atoms with van der Waals surface area (Å²) in [7, 11) is 1.66. The van der Waals surface area contributed by atoms with Crippen LogP contribution in [0, 0.1) is 6.92 Å². The Morgan fingerprint density at radius 3 is 2.46 bits per heavy atom. The maximum absolute atomic E-state index is 5.90. The number of rotatable bonds is 9. The van der Waals surface area contributed by atoms with Gasteiger partial charge in [-0.2, -0.15) is 4.98 Å². The van der Waals surface area contributed by atoms with Gasteiger partial charge in [0.05, 0.1) is 6.61 Å². The van der Waals surface area contributed by atoms with Gasteiger partial charge in [-0.05, 0) is 48.9 Å². The van der Waals surface area contributed by atoms with Crippen molar-refractivity contribution in [1.29, 1.82) is 0 Å². The first kappa shape index (κ1) is 19.9. The molecule has 0 aliphatic rings. The Morgan fingerprint density at radius 1 is 1.00 bits per heavy atom. The molecule has 0 radical (unpaired) electrons. The zero-order chi connectivity index (χ0) is 19.8. The van der Waals surface area contributed by atoms with Crippen LogP contribution in [0.4, 0.5) is 17.5 Å². The van der Waals surface area contributed by atoms with Crippen LogP contribution in [0.3, 0.4) is 0 Å². The average molecular weight is 399 g/mol. The third kappa shape index (κ3) is 6.11.